The number of nitrogens with two attached hydrogens (primary N) is 1. The van der Waals surface area contributed by atoms with Crippen LogP contribution in [0.25, 0.3) is 11.1 Å². The lowest BCUT2D eigenvalue weighted by Gasteiger charge is -2.14. The summed E-state index contributed by atoms with van der Waals surface area (Å²) in [6, 6.07) is 23.7. The van der Waals surface area contributed by atoms with E-state index < -0.39 is 17.3 Å². The molecule has 0 atom stereocenters. The second-order valence-corrected chi connectivity index (χ2v) is 7.87. The van der Waals surface area contributed by atoms with E-state index in [1.807, 2.05) is 54.6 Å². The zero-order valence-corrected chi connectivity index (χ0v) is 16.1. The predicted octanol–water partition coefficient (Wildman–Crippen LogP) is 4.45. The highest BCUT2D eigenvalue weighted by Gasteiger charge is 2.49. The molecule has 4 rings (SSSR count). The molecule has 3 N–H and O–H groups in total. The van der Waals surface area contributed by atoms with E-state index in [1.165, 1.54) is 5.56 Å². The Labute approximate surface area is 170 Å². The highest BCUT2D eigenvalue weighted by molar-refractivity contribution is 6.00. The van der Waals surface area contributed by atoms with Gasteiger partial charge in [0.1, 0.15) is 0 Å². The highest BCUT2D eigenvalue weighted by atomic mass is 16.4. The number of hydrogen-bond donors (Lipinski definition) is 2. The van der Waals surface area contributed by atoms with Gasteiger partial charge in [-0.2, -0.15) is 0 Å². The van der Waals surface area contributed by atoms with Crippen LogP contribution in [0.4, 0.5) is 0 Å². The zero-order valence-electron chi connectivity index (χ0n) is 16.1. The Morgan fingerprint density at radius 2 is 1.59 bits per heavy atom. The minimum Gasteiger partial charge on any atom is -0.481 e. The number of carbonyl (C=O) groups excluding carboxylic acids is 1. The number of amides is 1. The fraction of sp³-hybridized carbons (Fsp3) is 0.200. The lowest BCUT2D eigenvalue weighted by molar-refractivity contribution is -0.143. The predicted molar refractivity (Wildman–Crippen MR) is 113 cm³/mol. The van der Waals surface area contributed by atoms with Crippen molar-refractivity contribution in [2.24, 2.45) is 11.1 Å². The molecule has 0 aromatic heterocycles. The Hall–Kier alpha value is -3.40. The molecule has 0 spiro atoms. The molecule has 0 saturated heterocycles. The first-order valence-corrected chi connectivity index (χ1v) is 9.76. The molecule has 1 amide bonds. The van der Waals surface area contributed by atoms with Crippen molar-refractivity contribution < 1.29 is 14.7 Å². The molecule has 0 bridgehead atoms. The summed E-state index contributed by atoms with van der Waals surface area (Å²) in [6.45, 7) is 0. The van der Waals surface area contributed by atoms with Gasteiger partial charge in [0.25, 0.3) is 0 Å². The van der Waals surface area contributed by atoms with Gasteiger partial charge in [-0.3, -0.25) is 9.59 Å². The van der Waals surface area contributed by atoms with Crippen molar-refractivity contribution >= 4 is 11.9 Å². The van der Waals surface area contributed by atoms with Gasteiger partial charge in [-0.1, -0.05) is 66.7 Å². The minimum atomic E-state index is -0.731. The zero-order chi connectivity index (χ0) is 20.4. The number of carboxylic acids is 1. The molecule has 0 aliphatic heterocycles. The van der Waals surface area contributed by atoms with Gasteiger partial charge in [-0.05, 0) is 59.6 Å². The molecule has 146 valence electrons. The Bertz CT molecular complexity index is 1070. The lowest BCUT2D eigenvalue weighted by atomic mass is 9.91. The molecular weight excluding hydrogens is 362 g/mol. The first-order chi connectivity index (χ1) is 14.0. The van der Waals surface area contributed by atoms with E-state index in [0.29, 0.717) is 24.8 Å². The van der Waals surface area contributed by atoms with Crippen LogP contribution in [0.5, 0.6) is 0 Å². The van der Waals surface area contributed by atoms with Gasteiger partial charge >= 0.3 is 5.97 Å². The summed E-state index contributed by atoms with van der Waals surface area (Å²) >= 11 is 0. The molecular formula is C25H23NO3. The topological polar surface area (TPSA) is 80.4 Å². The number of carboxylic acid groups (broad SMARTS) is 1. The summed E-state index contributed by atoms with van der Waals surface area (Å²) in [5, 5.41) is 9.48. The third-order valence-corrected chi connectivity index (χ3v) is 5.69. The fourth-order valence-electron chi connectivity index (χ4n) is 3.84. The quantitative estimate of drug-likeness (QED) is 0.630. The van der Waals surface area contributed by atoms with E-state index in [4.69, 9.17) is 5.73 Å². The summed E-state index contributed by atoms with van der Waals surface area (Å²) in [5.41, 5.74) is 10.4. The maximum absolute atomic E-state index is 12.0. The van der Waals surface area contributed by atoms with Crippen molar-refractivity contribution in [3.8, 4) is 11.1 Å². The van der Waals surface area contributed by atoms with Crippen LogP contribution in [0.2, 0.25) is 0 Å². The summed E-state index contributed by atoms with van der Waals surface area (Å²) in [4.78, 5) is 23.6. The van der Waals surface area contributed by atoms with Crippen LogP contribution >= 0.6 is 0 Å². The normalized spacial score (nSPS) is 14.3. The number of aliphatic carboxylic acids is 1. The summed E-state index contributed by atoms with van der Waals surface area (Å²) < 4.78 is 0. The summed E-state index contributed by atoms with van der Waals surface area (Å²) in [6.07, 6.45) is 2.69. The Balaban J connectivity index is 1.69. The first kappa shape index (κ1) is 18.9. The van der Waals surface area contributed by atoms with Crippen LogP contribution in [-0.2, 0) is 17.6 Å². The molecule has 4 heteroatoms. The van der Waals surface area contributed by atoms with E-state index in [2.05, 4.69) is 12.1 Å². The van der Waals surface area contributed by atoms with Gasteiger partial charge in [0, 0.05) is 5.56 Å². The van der Waals surface area contributed by atoms with E-state index >= 15 is 0 Å². The largest absolute Gasteiger partial charge is 0.481 e. The average Bonchev–Trinajstić information content (AvgIpc) is 3.50. The maximum Gasteiger partial charge on any atom is 0.309 e. The van der Waals surface area contributed by atoms with Gasteiger partial charge in [0.05, 0.1) is 5.41 Å². The Morgan fingerprint density at radius 3 is 2.24 bits per heavy atom. The van der Waals surface area contributed by atoms with Crippen LogP contribution in [0.15, 0.2) is 72.8 Å². The standard InChI is InChI=1S/C25H23NO3/c26-23(27)21-10-9-18(13-17-5-2-1-3-6-17)15-22(21)20-8-4-7-19(14-20)16-25(11-12-25)24(28)29/h1-10,14-15H,11-13,16H2,(H2,26,27)(H,28,29). The average molecular weight is 385 g/mol. The van der Waals surface area contributed by atoms with Crippen molar-refractivity contribution in [3.63, 3.8) is 0 Å². The third-order valence-electron chi connectivity index (χ3n) is 5.69. The van der Waals surface area contributed by atoms with E-state index in [-0.39, 0.29) is 0 Å². The molecule has 1 saturated carbocycles. The van der Waals surface area contributed by atoms with Gasteiger partial charge in [-0.25, -0.2) is 0 Å². The molecule has 1 aliphatic rings. The lowest BCUT2D eigenvalue weighted by Crippen LogP contribution is -2.17. The van der Waals surface area contributed by atoms with Crippen molar-refractivity contribution in [1.82, 2.24) is 0 Å². The molecule has 0 unspecified atom stereocenters. The van der Waals surface area contributed by atoms with Gasteiger partial charge in [0.15, 0.2) is 0 Å². The van der Waals surface area contributed by atoms with Crippen molar-refractivity contribution in [3.05, 3.63) is 95.1 Å². The van der Waals surface area contributed by atoms with Crippen molar-refractivity contribution in [2.45, 2.75) is 25.7 Å². The second-order valence-electron chi connectivity index (χ2n) is 7.87. The van der Waals surface area contributed by atoms with Crippen molar-refractivity contribution in [2.75, 3.05) is 0 Å². The Morgan fingerprint density at radius 1 is 0.862 bits per heavy atom. The number of hydrogen-bond acceptors (Lipinski definition) is 2. The molecule has 0 radical (unpaired) electrons. The van der Waals surface area contributed by atoms with Crippen LogP contribution in [0, 0.1) is 5.41 Å². The maximum atomic E-state index is 12.0. The Kier molecular flexibility index (Phi) is 4.93. The molecule has 3 aromatic rings. The van der Waals surface area contributed by atoms with E-state index in [0.717, 1.165) is 28.7 Å². The van der Waals surface area contributed by atoms with Crippen molar-refractivity contribution in [1.29, 1.82) is 0 Å². The van der Waals surface area contributed by atoms with E-state index in [1.54, 1.807) is 6.07 Å². The third kappa shape index (κ3) is 4.06. The van der Waals surface area contributed by atoms with E-state index in [9.17, 15) is 14.7 Å². The minimum absolute atomic E-state index is 0.471. The molecule has 1 aliphatic carbocycles. The van der Waals surface area contributed by atoms with Gasteiger partial charge < -0.3 is 10.8 Å². The molecule has 3 aromatic carbocycles. The van der Waals surface area contributed by atoms with Crippen LogP contribution in [0.1, 0.15) is 39.9 Å². The second kappa shape index (κ2) is 7.55. The highest BCUT2D eigenvalue weighted by Crippen LogP contribution is 2.48. The van der Waals surface area contributed by atoms with Crippen LogP contribution < -0.4 is 5.73 Å². The fourth-order valence-corrected chi connectivity index (χ4v) is 3.84. The monoisotopic (exact) mass is 385 g/mol. The van der Waals surface area contributed by atoms with Gasteiger partial charge in [0.2, 0.25) is 5.91 Å². The SMILES string of the molecule is NC(=O)c1ccc(Cc2ccccc2)cc1-c1cccc(CC2(C(=O)O)CC2)c1. The van der Waals surface area contributed by atoms with Crippen LogP contribution in [0.3, 0.4) is 0 Å². The first-order valence-electron chi connectivity index (χ1n) is 9.76. The molecule has 29 heavy (non-hydrogen) atoms. The van der Waals surface area contributed by atoms with Crippen LogP contribution in [-0.4, -0.2) is 17.0 Å². The number of carbonyl (C=O) groups is 2. The smallest absolute Gasteiger partial charge is 0.309 e. The molecule has 1 fully saturated rings. The summed E-state index contributed by atoms with van der Waals surface area (Å²) in [5.74, 6) is -1.20. The number of benzene rings is 3. The molecule has 0 heterocycles. The number of primary amides is 1. The van der Waals surface area contributed by atoms with Gasteiger partial charge in [-0.15, -0.1) is 0 Å². The summed E-state index contributed by atoms with van der Waals surface area (Å²) in [7, 11) is 0. The number of rotatable bonds is 7. The molecule has 4 nitrogen and oxygen atoms in total.